The molecule has 3 amide bonds. The minimum atomic E-state index is -0.609. The first kappa shape index (κ1) is 20.1. The first-order valence-corrected chi connectivity index (χ1v) is 9.09. The second-order valence-electron chi connectivity index (χ2n) is 7.14. The summed E-state index contributed by atoms with van der Waals surface area (Å²) in [5.41, 5.74) is 5.13. The number of rotatable bonds is 4. The van der Waals surface area contributed by atoms with E-state index in [4.69, 9.17) is 0 Å². The third-order valence-electron chi connectivity index (χ3n) is 4.88. The van der Waals surface area contributed by atoms with Gasteiger partial charge in [0, 0.05) is 23.5 Å². The van der Waals surface area contributed by atoms with Crippen LogP contribution in [-0.4, -0.2) is 16.9 Å². The fourth-order valence-electron chi connectivity index (χ4n) is 3.72. The molecule has 0 saturated carbocycles. The average molecular weight is 394 g/mol. The van der Waals surface area contributed by atoms with E-state index in [0.29, 0.717) is 17.0 Å². The molecule has 3 N–H and O–H groups in total. The van der Waals surface area contributed by atoms with Crippen LogP contribution < -0.4 is 16.0 Å². The number of anilines is 1. The Balaban J connectivity index is 1.98. The fourth-order valence-corrected chi connectivity index (χ4v) is 3.72. The van der Waals surface area contributed by atoms with Crippen molar-refractivity contribution in [2.24, 2.45) is 0 Å². The average Bonchev–Trinajstić information content (AvgIpc) is 2.60. The summed E-state index contributed by atoms with van der Waals surface area (Å²) in [5, 5.41) is 19.1. The van der Waals surface area contributed by atoms with Crippen LogP contribution in [0.1, 0.15) is 35.2 Å². The summed E-state index contributed by atoms with van der Waals surface area (Å²) in [6, 6.07) is 8.62. The number of nitrogens with zero attached hydrogens (tertiary/aromatic N) is 1. The maximum Gasteiger partial charge on any atom is 0.319 e. The highest BCUT2D eigenvalue weighted by atomic mass is 16.6. The number of aryl methyl sites for hydroxylation is 3. The van der Waals surface area contributed by atoms with E-state index in [1.165, 1.54) is 24.3 Å². The van der Waals surface area contributed by atoms with Crippen molar-refractivity contribution in [2.45, 2.75) is 33.7 Å². The molecule has 8 nitrogen and oxygen atoms in total. The first-order chi connectivity index (χ1) is 13.7. The standard InChI is InChI=1S/C21H22N4O4/c1-11-9-12(2)17(13(3)10-11)19-18(14(4)22-21(27)24-19)20(26)23-15-5-7-16(8-6-15)25(28)29/h5-10,19H,1-4H3,(H,23,26)(H2,22,24,27)/t19-/m0/s1. The lowest BCUT2D eigenvalue weighted by Gasteiger charge is -2.31. The molecular formula is C21H22N4O4. The van der Waals surface area contributed by atoms with E-state index in [1.54, 1.807) is 6.92 Å². The number of non-ortho nitro benzene ring substituents is 1. The van der Waals surface area contributed by atoms with Crippen LogP contribution >= 0.6 is 0 Å². The molecule has 0 bridgehead atoms. The highest BCUT2D eigenvalue weighted by Gasteiger charge is 2.33. The van der Waals surface area contributed by atoms with Crippen molar-refractivity contribution < 1.29 is 14.5 Å². The first-order valence-electron chi connectivity index (χ1n) is 9.09. The van der Waals surface area contributed by atoms with Gasteiger partial charge in [-0.3, -0.25) is 14.9 Å². The van der Waals surface area contributed by atoms with Gasteiger partial charge in [-0.05, 0) is 56.5 Å². The molecule has 8 heteroatoms. The zero-order valence-electron chi connectivity index (χ0n) is 16.6. The minimum Gasteiger partial charge on any atom is -0.327 e. The zero-order valence-corrected chi connectivity index (χ0v) is 16.6. The summed E-state index contributed by atoms with van der Waals surface area (Å²) in [4.78, 5) is 35.5. The predicted molar refractivity (Wildman–Crippen MR) is 109 cm³/mol. The van der Waals surface area contributed by atoms with Crippen LogP contribution in [0.5, 0.6) is 0 Å². The SMILES string of the molecule is CC1=C(C(=O)Nc2ccc([N+](=O)[O-])cc2)[C@H](c2c(C)cc(C)cc2C)NC(=O)N1. The monoisotopic (exact) mass is 394 g/mol. The van der Waals surface area contributed by atoms with Crippen LogP contribution in [0.25, 0.3) is 0 Å². The van der Waals surface area contributed by atoms with Crippen LogP contribution in [0.3, 0.4) is 0 Å². The van der Waals surface area contributed by atoms with Crippen molar-refractivity contribution >= 4 is 23.3 Å². The number of nitro groups is 1. The molecule has 1 atom stereocenters. The Morgan fingerprint density at radius 3 is 2.21 bits per heavy atom. The lowest BCUT2D eigenvalue weighted by Crippen LogP contribution is -2.46. The molecule has 3 rings (SSSR count). The molecule has 1 heterocycles. The molecule has 29 heavy (non-hydrogen) atoms. The number of hydrogen-bond donors (Lipinski definition) is 3. The lowest BCUT2D eigenvalue weighted by atomic mass is 9.87. The Kier molecular flexibility index (Phi) is 5.36. The van der Waals surface area contributed by atoms with Gasteiger partial charge in [0.2, 0.25) is 0 Å². The molecule has 0 radical (unpaired) electrons. The molecule has 2 aromatic rings. The summed E-state index contributed by atoms with van der Waals surface area (Å²) in [7, 11) is 0. The highest BCUT2D eigenvalue weighted by molar-refractivity contribution is 6.06. The Morgan fingerprint density at radius 1 is 1.07 bits per heavy atom. The van der Waals surface area contributed by atoms with Crippen molar-refractivity contribution in [3.63, 3.8) is 0 Å². The fraction of sp³-hybridized carbons (Fsp3) is 0.238. The van der Waals surface area contributed by atoms with Gasteiger partial charge in [-0.1, -0.05) is 17.7 Å². The topological polar surface area (TPSA) is 113 Å². The molecule has 0 aliphatic carbocycles. The number of amides is 3. The molecule has 1 aliphatic rings. The Hall–Kier alpha value is -3.68. The van der Waals surface area contributed by atoms with E-state index < -0.39 is 16.9 Å². The lowest BCUT2D eigenvalue weighted by molar-refractivity contribution is -0.384. The third-order valence-corrected chi connectivity index (χ3v) is 4.88. The Labute approximate surface area is 168 Å². The molecule has 0 saturated heterocycles. The van der Waals surface area contributed by atoms with E-state index in [1.807, 2.05) is 32.9 Å². The van der Waals surface area contributed by atoms with Crippen molar-refractivity contribution in [3.8, 4) is 0 Å². The summed E-state index contributed by atoms with van der Waals surface area (Å²) in [5.74, 6) is -0.395. The Morgan fingerprint density at radius 2 is 1.66 bits per heavy atom. The molecule has 0 spiro atoms. The van der Waals surface area contributed by atoms with Gasteiger partial charge in [0.1, 0.15) is 0 Å². The number of carbonyl (C=O) groups is 2. The maximum absolute atomic E-state index is 13.1. The predicted octanol–water partition coefficient (Wildman–Crippen LogP) is 3.79. The van der Waals surface area contributed by atoms with Gasteiger partial charge in [-0.25, -0.2) is 4.79 Å². The maximum atomic E-state index is 13.1. The molecule has 150 valence electrons. The third kappa shape index (κ3) is 4.11. The van der Waals surface area contributed by atoms with Crippen LogP contribution in [0.4, 0.5) is 16.2 Å². The van der Waals surface area contributed by atoms with Crippen LogP contribution in [0.15, 0.2) is 47.7 Å². The van der Waals surface area contributed by atoms with Crippen molar-refractivity contribution in [3.05, 3.63) is 80.0 Å². The second-order valence-corrected chi connectivity index (χ2v) is 7.14. The highest BCUT2D eigenvalue weighted by Crippen LogP contribution is 2.32. The molecule has 2 aromatic carbocycles. The number of nitro benzene ring substituents is 1. The van der Waals surface area contributed by atoms with E-state index in [-0.39, 0.29) is 11.7 Å². The van der Waals surface area contributed by atoms with Gasteiger partial charge < -0.3 is 16.0 Å². The van der Waals surface area contributed by atoms with E-state index in [9.17, 15) is 19.7 Å². The largest absolute Gasteiger partial charge is 0.327 e. The number of allylic oxidation sites excluding steroid dienone is 1. The molecular weight excluding hydrogens is 372 g/mol. The van der Waals surface area contributed by atoms with E-state index >= 15 is 0 Å². The van der Waals surface area contributed by atoms with Gasteiger partial charge in [-0.2, -0.15) is 0 Å². The van der Waals surface area contributed by atoms with Gasteiger partial charge in [-0.15, -0.1) is 0 Å². The summed E-state index contributed by atoms with van der Waals surface area (Å²) in [6.07, 6.45) is 0. The number of carbonyl (C=O) groups excluding carboxylic acids is 2. The summed E-state index contributed by atoms with van der Waals surface area (Å²) < 4.78 is 0. The summed E-state index contributed by atoms with van der Waals surface area (Å²) >= 11 is 0. The van der Waals surface area contributed by atoms with Gasteiger partial charge in [0.05, 0.1) is 16.5 Å². The zero-order chi connectivity index (χ0) is 21.3. The van der Waals surface area contributed by atoms with Gasteiger partial charge >= 0.3 is 6.03 Å². The van der Waals surface area contributed by atoms with Crippen LogP contribution in [0, 0.1) is 30.9 Å². The van der Waals surface area contributed by atoms with E-state index in [0.717, 1.165) is 22.3 Å². The minimum absolute atomic E-state index is 0.0613. The smallest absolute Gasteiger partial charge is 0.319 e. The summed E-state index contributed by atoms with van der Waals surface area (Å²) in [6.45, 7) is 7.57. The molecule has 0 aromatic heterocycles. The number of nitrogens with one attached hydrogen (secondary N) is 3. The van der Waals surface area contributed by atoms with Crippen molar-refractivity contribution in [1.82, 2.24) is 10.6 Å². The second kappa shape index (κ2) is 7.75. The number of hydrogen-bond acceptors (Lipinski definition) is 4. The normalized spacial score (nSPS) is 16.1. The Bertz CT molecular complexity index is 1020. The van der Waals surface area contributed by atoms with E-state index in [2.05, 4.69) is 16.0 Å². The van der Waals surface area contributed by atoms with Crippen molar-refractivity contribution in [2.75, 3.05) is 5.32 Å². The molecule has 1 aliphatic heterocycles. The van der Waals surface area contributed by atoms with Gasteiger partial charge in [0.15, 0.2) is 0 Å². The van der Waals surface area contributed by atoms with Gasteiger partial charge in [0.25, 0.3) is 11.6 Å². The van der Waals surface area contributed by atoms with Crippen LogP contribution in [0.2, 0.25) is 0 Å². The number of benzene rings is 2. The molecule has 0 fully saturated rings. The van der Waals surface area contributed by atoms with Crippen molar-refractivity contribution in [1.29, 1.82) is 0 Å². The quantitative estimate of drug-likeness (QED) is 0.541. The molecule has 0 unspecified atom stereocenters. The number of urea groups is 1. The van der Waals surface area contributed by atoms with Crippen LogP contribution in [-0.2, 0) is 4.79 Å².